The number of anilines is 1. The third-order valence-corrected chi connectivity index (χ3v) is 5.86. The summed E-state index contributed by atoms with van der Waals surface area (Å²) in [5, 5.41) is 9.62. The van der Waals surface area contributed by atoms with Crippen molar-refractivity contribution in [1.29, 1.82) is 0 Å². The number of sulfone groups is 1. The molecule has 19 heavy (non-hydrogen) atoms. The van der Waals surface area contributed by atoms with Crippen LogP contribution in [-0.2, 0) is 9.84 Å². The smallest absolute Gasteiger partial charge is 0.154 e. The first-order valence-corrected chi connectivity index (χ1v) is 8.37. The number of para-hydroxylation sites is 1. The Morgan fingerprint density at radius 3 is 2.74 bits per heavy atom. The summed E-state index contributed by atoms with van der Waals surface area (Å²) in [6.45, 7) is 4.61. The fourth-order valence-corrected chi connectivity index (χ4v) is 3.26. The lowest BCUT2D eigenvalue weighted by atomic mass is 9.99. The van der Waals surface area contributed by atoms with Gasteiger partial charge in [0.15, 0.2) is 9.84 Å². The lowest BCUT2D eigenvalue weighted by Crippen LogP contribution is -2.36. The number of rotatable bonds is 4. The first-order valence-electron chi connectivity index (χ1n) is 6.65. The van der Waals surface area contributed by atoms with E-state index in [1.807, 2.05) is 24.3 Å². The van der Waals surface area contributed by atoms with Crippen LogP contribution in [0.3, 0.4) is 0 Å². The molecular formula is C14H21NO3S. The summed E-state index contributed by atoms with van der Waals surface area (Å²) in [7, 11) is -3.02. The first kappa shape index (κ1) is 14.3. The minimum Gasteiger partial charge on any atom is -0.388 e. The molecule has 1 unspecified atom stereocenters. The number of nitrogens with zero attached hydrogens (tertiary/aromatic N) is 1. The maximum absolute atomic E-state index is 11.9. The molecule has 2 rings (SSSR count). The lowest BCUT2D eigenvalue weighted by Gasteiger charge is -2.33. The molecule has 1 aliphatic heterocycles. The second kappa shape index (κ2) is 5.51. The number of aliphatic hydroxyl groups is 1. The molecule has 0 amide bonds. The van der Waals surface area contributed by atoms with Crippen LogP contribution in [0.5, 0.6) is 0 Å². The Kier molecular flexibility index (Phi) is 4.16. The highest BCUT2D eigenvalue weighted by atomic mass is 32.2. The van der Waals surface area contributed by atoms with Crippen molar-refractivity contribution in [2.45, 2.75) is 31.6 Å². The fraction of sp³-hybridized carbons (Fsp3) is 0.571. The number of hydrogen-bond acceptors (Lipinski definition) is 4. The lowest BCUT2D eigenvalue weighted by molar-refractivity contribution is 0.164. The van der Waals surface area contributed by atoms with E-state index in [0.717, 1.165) is 11.3 Å². The van der Waals surface area contributed by atoms with Gasteiger partial charge in [0.05, 0.1) is 17.1 Å². The largest absolute Gasteiger partial charge is 0.388 e. The van der Waals surface area contributed by atoms with E-state index >= 15 is 0 Å². The normalized spacial score (nSPS) is 19.6. The van der Waals surface area contributed by atoms with Crippen LogP contribution in [-0.4, -0.2) is 37.6 Å². The van der Waals surface area contributed by atoms with Gasteiger partial charge in [-0.05, 0) is 26.3 Å². The van der Waals surface area contributed by atoms with Gasteiger partial charge >= 0.3 is 0 Å². The van der Waals surface area contributed by atoms with Crippen molar-refractivity contribution in [3.63, 3.8) is 0 Å². The predicted octanol–water partition coefficient (Wildman–Crippen LogP) is 1.75. The highest BCUT2D eigenvalue weighted by Crippen LogP contribution is 2.33. The Hall–Kier alpha value is -1.07. The molecule has 0 saturated carbocycles. The molecule has 0 aliphatic carbocycles. The van der Waals surface area contributed by atoms with Crippen LogP contribution in [0.15, 0.2) is 24.3 Å². The van der Waals surface area contributed by atoms with E-state index in [9.17, 15) is 13.5 Å². The highest BCUT2D eigenvalue weighted by Gasteiger charge is 2.25. The van der Waals surface area contributed by atoms with Crippen LogP contribution in [0.1, 0.15) is 31.9 Å². The highest BCUT2D eigenvalue weighted by molar-refractivity contribution is 7.92. The Morgan fingerprint density at radius 2 is 2.05 bits per heavy atom. The first-order chi connectivity index (χ1) is 8.92. The van der Waals surface area contributed by atoms with Gasteiger partial charge in [-0.2, -0.15) is 0 Å². The van der Waals surface area contributed by atoms with Crippen molar-refractivity contribution in [3.8, 4) is 0 Å². The number of benzene rings is 1. The second-order valence-electron chi connectivity index (χ2n) is 5.27. The number of hydrogen-bond donors (Lipinski definition) is 1. The van der Waals surface area contributed by atoms with Gasteiger partial charge < -0.3 is 10.0 Å². The van der Waals surface area contributed by atoms with Gasteiger partial charge in [0, 0.05) is 24.3 Å². The van der Waals surface area contributed by atoms with E-state index in [1.165, 1.54) is 0 Å². The summed E-state index contributed by atoms with van der Waals surface area (Å²) in [4.78, 5) is 2.06. The molecule has 1 aliphatic rings. The Bertz CT molecular complexity index is 539. The molecular weight excluding hydrogens is 262 g/mol. The molecule has 1 aromatic carbocycles. The van der Waals surface area contributed by atoms with E-state index in [4.69, 9.17) is 0 Å². The van der Waals surface area contributed by atoms with Crippen LogP contribution in [0, 0.1) is 0 Å². The maximum Gasteiger partial charge on any atom is 0.154 e. The summed E-state index contributed by atoms with van der Waals surface area (Å²) in [6.07, 6.45) is 0.216. The van der Waals surface area contributed by atoms with Crippen LogP contribution < -0.4 is 4.90 Å². The van der Waals surface area contributed by atoms with Crippen molar-refractivity contribution in [2.24, 2.45) is 0 Å². The molecule has 0 aromatic heterocycles. The Morgan fingerprint density at radius 1 is 1.37 bits per heavy atom. The zero-order valence-corrected chi connectivity index (χ0v) is 12.2. The minimum atomic E-state index is -3.02. The standard InChI is InChI=1S/C14H21NO3S/c1-11(2)19(17,18)10-9-15-8-7-14(16)12-5-3-4-6-13(12)15/h3-6,11,14,16H,7-10H2,1-2H3. The zero-order valence-electron chi connectivity index (χ0n) is 11.4. The summed E-state index contributed by atoms with van der Waals surface area (Å²) < 4.78 is 23.7. The third-order valence-electron chi connectivity index (χ3n) is 3.67. The van der Waals surface area contributed by atoms with Crippen LogP contribution >= 0.6 is 0 Å². The molecule has 0 fully saturated rings. The van der Waals surface area contributed by atoms with Gasteiger partial charge in [-0.3, -0.25) is 0 Å². The van der Waals surface area contributed by atoms with Crippen molar-refractivity contribution < 1.29 is 13.5 Å². The van der Waals surface area contributed by atoms with E-state index in [2.05, 4.69) is 4.90 Å². The summed E-state index contributed by atoms with van der Waals surface area (Å²) in [5.41, 5.74) is 1.86. The number of aliphatic hydroxyl groups excluding tert-OH is 1. The fourth-order valence-electron chi connectivity index (χ4n) is 2.32. The van der Waals surface area contributed by atoms with Gasteiger partial charge in [0.1, 0.15) is 0 Å². The van der Waals surface area contributed by atoms with Crippen LogP contribution in [0.2, 0.25) is 0 Å². The monoisotopic (exact) mass is 283 g/mol. The Balaban J connectivity index is 2.14. The minimum absolute atomic E-state index is 0.162. The summed E-state index contributed by atoms with van der Waals surface area (Å²) in [6, 6.07) is 7.67. The van der Waals surface area contributed by atoms with Crippen molar-refractivity contribution in [2.75, 3.05) is 23.7 Å². The van der Waals surface area contributed by atoms with Gasteiger partial charge in [-0.1, -0.05) is 18.2 Å². The molecule has 1 aromatic rings. The SMILES string of the molecule is CC(C)S(=O)(=O)CCN1CCC(O)c2ccccc21. The quantitative estimate of drug-likeness (QED) is 0.914. The molecule has 1 atom stereocenters. The second-order valence-corrected chi connectivity index (χ2v) is 7.94. The molecule has 5 heteroatoms. The zero-order chi connectivity index (χ0) is 14.0. The van der Waals surface area contributed by atoms with Crippen LogP contribution in [0.25, 0.3) is 0 Å². The van der Waals surface area contributed by atoms with E-state index in [1.54, 1.807) is 13.8 Å². The van der Waals surface area contributed by atoms with Crippen molar-refractivity contribution >= 4 is 15.5 Å². The molecule has 1 N–H and O–H groups in total. The molecule has 0 bridgehead atoms. The average Bonchev–Trinajstić information content (AvgIpc) is 2.38. The topological polar surface area (TPSA) is 57.6 Å². The van der Waals surface area contributed by atoms with E-state index in [-0.39, 0.29) is 11.0 Å². The maximum atomic E-state index is 11.9. The van der Waals surface area contributed by atoms with Crippen molar-refractivity contribution in [1.82, 2.24) is 0 Å². The molecule has 4 nitrogen and oxygen atoms in total. The summed E-state index contributed by atoms with van der Waals surface area (Å²) >= 11 is 0. The van der Waals surface area contributed by atoms with E-state index in [0.29, 0.717) is 19.5 Å². The van der Waals surface area contributed by atoms with E-state index < -0.39 is 15.9 Å². The van der Waals surface area contributed by atoms with Gasteiger partial charge in [0.25, 0.3) is 0 Å². The third kappa shape index (κ3) is 3.09. The van der Waals surface area contributed by atoms with Gasteiger partial charge in [-0.25, -0.2) is 8.42 Å². The molecule has 0 saturated heterocycles. The molecule has 1 heterocycles. The van der Waals surface area contributed by atoms with Gasteiger partial charge in [0.2, 0.25) is 0 Å². The van der Waals surface area contributed by atoms with Crippen molar-refractivity contribution in [3.05, 3.63) is 29.8 Å². The van der Waals surface area contributed by atoms with Crippen LogP contribution in [0.4, 0.5) is 5.69 Å². The number of fused-ring (bicyclic) bond motifs is 1. The Labute approximate surface area is 115 Å². The molecule has 106 valence electrons. The molecule has 0 radical (unpaired) electrons. The molecule has 0 spiro atoms. The van der Waals surface area contributed by atoms with Gasteiger partial charge in [-0.15, -0.1) is 0 Å². The average molecular weight is 283 g/mol. The predicted molar refractivity (Wildman–Crippen MR) is 77.2 cm³/mol. The summed E-state index contributed by atoms with van der Waals surface area (Å²) in [5.74, 6) is 0.162.